The van der Waals surface area contributed by atoms with Crippen LogP contribution in [0.4, 0.5) is 0 Å². The van der Waals surface area contributed by atoms with Crippen LogP contribution in [0.25, 0.3) is 0 Å². The van der Waals surface area contributed by atoms with Gasteiger partial charge in [-0.2, -0.15) is 0 Å². The minimum atomic E-state index is -0.936. The lowest BCUT2D eigenvalue weighted by Gasteiger charge is -2.25. The maximum Gasteiger partial charge on any atom is 0.339 e. The third-order valence-electron chi connectivity index (χ3n) is 5.18. The fraction of sp³-hybridized carbons (Fsp3) is 0.346. The molecular formula is C26H26O8. The number of fused-ring (bicyclic) bond motifs is 2. The van der Waals surface area contributed by atoms with E-state index in [2.05, 4.69) is 0 Å². The molecule has 0 unspecified atom stereocenters. The summed E-state index contributed by atoms with van der Waals surface area (Å²) >= 11 is 0. The summed E-state index contributed by atoms with van der Waals surface area (Å²) in [6, 6.07) is 5.91. The third kappa shape index (κ3) is 4.48. The van der Waals surface area contributed by atoms with Gasteiger partial charge >= 0.3 is 11.9 Å². The van der Waals surface area contributed by atoms with Crippen molar-refractivity contribution in [2.75, 3.05) is 13.7 Å². The second kappa shape index (κ2) is 9.21. The monoisotopic (exact) mass is 466 g/mol. The van der Waals surface area contributed by atoms with Crippen molar-refractivity contribution in [3.8, 4) is 5.75 Å². The highest BCUT2D eigenvalue weighted by atomic mass is 16.6. The van der Waals surface area contributed by atoms with E-state index in [-0.39, 0.29) is 57.7 Å². The van der Waals surface area contributed by atoms with Crippen LogP contribution in [0.3, 0.4) is 0 Å². The van der Waals surface area contributed by atoms with E-state index >= 15 is 0 Å². The summed E-state index contributed by atoms with van der Waals surface area (Å²) in [5.74, 6) is -3.16. The van der Waals surface area contributed by atoms with Gasteiger partial charge < -0.3 is 14.2 Å². The van der Waals surface area contributed by atoms with Gasteiger partial charge in [-0.05, 0) is 52.3 Å². The van der Waals surface area contributed by atoms with Gasteiger partial charge in [-0.1, -0.05) is 12.1 Å². The lowest BCUT2D eigenvalue weighted by molar-refractivity contribution is -0.153. The van der Waals surface area contributed by atoms with Crippen LogP contribution in [0.15, 0.2) is 24.3 Å². The van der Waals surface area contributed by atoms with Gasteiger partial charge in [-0.3, -0.25) is 19.2 Å². The Kier molecular flexibility index (Phi) is 6.72. The Morgan fingerprint density at radius 3 is 2.18 bits per heavy atom. The molecule has 0 saturated carbocycles. The van der Waals surface area contributed by atoms with Crippen molar-refractivity contribution < 1.29 is 38.2 Å². The fourth-order valence-electron chi connectivity index (χ4n) is 4.03. The number of rotatable bonds is 6. The highest BCUT2D eigenvalue weighted by Gasteiger charge is 2.39. The molecule has 1 aliphatic rings. The van der Waals surface area contributed by atoms with Crippen molar-refractivity contribution in [2.45, 2.75) is 46.6 Å². The van der Waals surface area contributed by atoms with E-state index < -0.39 is 34.9 Å². The molecule has 8 nitrogen and oxygen atoms in total. The molecule has 34 heavy (non-hydrogen) atoms. The zero-order valence-electron chi connectivity index (χ0n) is 20.0. The lowest BCUT2D eigenvalue weighted by Crippen LogP contribution is -2.29. The molecule has 0 amide bonds. The molecule has 8 heteroatoms. The Bertz CT molecular complexity index is 1230. The number of hydrogen-bond donors (Lipinski definition) is 0. The van der Waals surface area contributed by atoms with Crippen LogP contribution in [0, 0.1) is 0 Å². The predicted molar refractivity (Wildman–Crippen MR) is 122 cm³/mol. The largest absolute Gasteiger partial charge is 0.496 e. The van der Waals surface area contributed by atoms with Crippen molar-refractivity contribution in [1.82, 2.24) is 0 Å². The van der Waals surface area contributed by atoms with E-state index in [1.54, 1.807) is 33.8 Å². The van der Waals surface area contributed by atoms with E-state index in [9.17, 15) is 24.0 Å². The Morgan fingerprint density at radius 1 is 0.941 bits per heavy atom. The van der Waals surface area contributed by atoms with Crippen LogP contribution in [0.5, 0.6) is 5.75 Å². The Morgan fingerprint density at radius 2 is 1.62 bits per heavy atom. The average molecular weight is 466 g/mol. The first-order chi connectivity index (χ1) is 15.9. The average Bonchev–Trinajstić information content (AvgIpc) is 2.74. The van der Waals surface area contributed by atoms with Crippen LogP contribution < -0.4 is 4.74 Å². The van der Waals surface area contributed by atoms with Gasteiger partial charge in [0.15, 0.2) is 17.3 Å². The summed E-state index contributed by atoms with van der Waals surface area (Å²) in [5, 5.41) is 0. The highest BCUT2D eigenvalue weighted by molar-refractivity contribution is 6.32. The van der Waals surface area contributed by atoms with Crippen molar-refractivity contribution in [1.29, 1.82) is 0 Å². The number of carbonyl (C=O) groups is 5. The molecule has 3 rings (SSSR count). The van der Waals surface area contributed by atoms with Gasteiger partial charge in [0.25, 0.3) is 0 Å². The molecule has 0 aromatic heterocycles. The fourth-order valence-corrected chi connectivity index (χ4v) is 4.03. The molecule has 0 atom stereocenters. The topological polar surface area (TPSA) is 113 Å². The number of Topliss-reactive ketones (excluding diaryl/α,β-unsaturated/α-hetero) is 1. The summed E-state index contributed by atoms with van der Waals surface area (Å²) in [6.45, 7) is 7.85. The molecule has 0 N–H and O–H groups in total. The summed E-state index contributed by atoms with van der Waals surface area (Å²) < 4.78 is 15.8. The molecule has 2 aromatic carbocycles. The molecule has 0 bridgehead atoms. The number of ether oxygens (including phenoxy) is 3. The Balaban J connectivity index is 2.35. The maximum atomic E-state index is 13.6. The van der Waals surface area contributed by atoms with Crippen LogP contribution in [-0.4, -0.2) is 48.6 Å². The van der Waals surface area contributed by atoms with Gasteiger partial charge in [0.05, 0.1) is 31.3 Å². The summed E-state index contributed by atoms with van der Waals surface area (Å²) in [4.78, 5) is 65.4. The zero-order valence-corrected chi connectivity index (χ0v) is 20.0. The van der Waals surface area contributed by atoms with E-state index in [1.807, 2.05) is 0 Å². The smallest absolute Gasteiger partial charge is 0.339 e. The lowest BCUT2D eigenvalue weighted by atomic mass is 9.77. The normalized spacial score (nSPS) is 12.5. The van der Waals surface area contributed by atoms with Crippen LogP contribution in [0.2, 0.25) is 0 Å². The summed E-state index contributed by atoms with van der Waals surface area (Å²) in [6.07, 6.45) is -0.377. The number of hydrogen-bond acceptors (Lipinski definition) is 8. The van der Waals surface area contributed by atoms with E-state index in [0.29, 0.717) is 0 Å². The minimum absolute atomic E-state index is 0.00226. The van der Waals surface area contributed by atoms with E-state index in [0.717, 1.165) is 0 Å². The Labute approximate surface area is 197 Å². The molecule has 0 aliphatic heterocycles. The van der Waals surface area contributed by atoms with Crippen LogP contribution >= 0.6 is 0 Å². The molecular weight excluding hydrogens is 440 g/mol. The molecule has 0 fully saturated rings. The molecule has 0 spiro atoms. The second-order valence-corrected chi connectivity index (χ2v) is 8.79. The first kappa shape index (κ1) is 24.8. The standard InChI is InChI=1S/C26H26O8/c1-7-33-25(31)22-19(13(2)27)14(12-18(28)34-26(3,4)5)11-16-21(22)24(30)20-15(23(16)29)9-8-10-17(20)32-6/h8-11H,7,12H2,1-6H3. The molecule has 2 aromatic rings. The summed E-state index contributed by atoms with van der Waals surface area (Å²) in [7, 11) is 1.36. The predicted octanol–water partition coefficient (Wildman–Crippen LogP) is 3.73. The quantitative estimate of drug-likeness (QED) is 0.399. The zero-order chi connectivity index (χ0) is 25.4. The molecule has 1 aliphatic carbocycles. The Hall–Kier alpha value is -3.81. The van der Waals surface area contributed by atoms with Gasteiger partial charge in [0, 0.05) is 22.3 Å². The summed E-state index contributed by atoms with van der Waals surface area (Å²) in [5.41, 5.74) is -1.38. The molecule has 0 saturated heterocycles. The van der Waals surface area contributed by atoms with Crippen molar-refractivity contribution in [3.05, 3.63) is 63.2 Å². The van der Waals surface area contributed by atoms with Crippen LogP contribution in [-0.2, 0) is 20.7 Å². The first-order valence-electron chi connectivity index (χ1n) is 10.8. The second-order valence-electron chi connectivity index (χ2n) is 8.79. The van der Waals surface area contributed by atoms with Crippen molar-refractivity contribution in [2.24, 2.45) is 0 Å². The van der Waals surface area contributed by atoms with Gasteiger partial charge in [0.1, 0.15) is 11.4 Å². The van der Waals surface area contributed by atoms with Crippen molar-refractivity contribution >= 4 is 29.3 Å². The maximum absolute atomic E-state index is 13.6. The number of ketones is 3. The van der Waals surface area contributed by atoms with E-state index in [1.165, 1.54) is 32.2 Å². The number of benzene rings is 2. The third-order valence-corrected chi connectivity index (χ3v) is 5.18. The van der Waals surface area contributed by atoms with Crippen molar-refractivity contribution in [3.63, 3.8) is 0 Å². The van der Waals surface area contributed by atoms with Gasteiger partial charge in [-0.15, -0.1) is 0 Å². The molecule has 0 heterocycles. The molecule has 0 radical (unpaired) electrons. The van der Waals surface area contributed by atoms with Gasteiger partial charge in [0.2, 0.25) is 0 Å². The van der Waals surface area contributed by atoms with Gasteiger partial charge in [-0.25, -0.2) is 4.79 Å². The number of methoxy groups -OCH3 is 1. The minimum Gasteiger partial charge on any atom is -0.496 e. The highest BCUT2D eigenvalue weighted by Crippen LogP contribution is 2.37. The SMILES string of the molecule is CCOC(=O)c1c(C(C)=O)c(CC(=O)OC(C)(C)C)cc2c1C(=O)c1c(OC)cccc1C2=O. The number of carbonyl (C=O) groups excluding carboxylic acids is 5. The van der Waals surface area contributed by atoms with Crippen LogP contribution in [0.1, 0.15) is 92.7 Å². The molecule has 178 valence electrons. The number of esters is 2. The van der Waals surface area contributed by atoms with E-state index in [4.69, 9.17) is 14.2 Å². The first-order valence-corrected chi connectivity index (χ1v) is 10.8.